The Labute approximate surface area is 142 Å². The molecule has 1 aliphatic rings. The molecule has 1 N–H and O–H groups in total. The molecule has 5 nitrogen and oxygen atoms in total. The lowest BCUT2D eigenvalue weighted by atomic mass is 9.77. The number of aliphatic hydroxyl groups excluding tert-OH is 1. The van der Waals surface area contributed by atoms with E-state index in [4.69, 9.17) is 4.74 Å². The molecule has 5 heteroatoms. The Kier molecular flexibility index (Phi) is 5.54. The van der Waals surface area contributed by atoms with Crippen LogP contribution in [0, 0.1) is 5.41 Å². The van der Waals surface area contributed by atoms with Crippen molar-refractivity contribution in [3.8, 4) is 0 Å². The largest absolute Gasteiger partial charge is 0.511 e. The minimum absolute atomic E-state index is 0.0831. The van der Waals surface area contributed by atoms with Gasteiger partial charge in [0.05, 0.1) is 23.4 Å². The summed E-state index contributed by atoms with van der Waals surface area (Å²) in [6.45, 7) is 6.23. The molecule has 0 aliphatic heterocycles. The number of allylic oxidation sites excluding steroid dienone is 2. The molecule has 0 radical (unpaired) electrons. The Hall–Kier alpha value is -2.43. The van der Waals surface area contributed by atoms with E-state index in [1.54, 1.807) is 24.3 Å². The minimum Gasteiger partial charge on any atom is -0.511 e. The summed E-state index contributed by atoms with van der Waals surface area (Å²) >= 11 is 0. The van der Waals surface area contributed by atoms with Crippen molar-refractivity contribution < 1.29 is 19.4 Å². The van der Waals surface area contributed by atoms with Crippen molar-refractivity contribution in [3.63, 3.8) is 0 Å². The van der Waals surface area contributed by atoms with Crippen molar-refractivity contribution >= 4 is 23.7 Å². The van der Waals surface area contributed by atoms with Gasteiger partial charge < -0.3 is 9.84 Å². The number of aliphatic imine (C=N–C) groups is 1. The molecular weight excluding hydrogens is 306 g/mol. The summed E-state index contributed by atoms with van der Waals surface area (Å²) < 4.78 is 5.06. The number of aliphatic hydroxyl groups is 1. The van der Waals surface area contributed by atoms with E-state index in [1.165, 1.54) is 6.21 Å². The molecule has 1 aromatic carbocycles. The fraction of sp³-hybridized carbons (Fsp3) is 0.421. The maximum Gasteiger partial charge on any atom is 0.338 e. The highest BCUT2D eigenvalue weighted by Gasteiger charge is 2.32. The first-order chi connectivity index (χ1) is 11.3. The van der Waals surface area contributed by atoms with Crippen LogP contribution in [-0.2, 0) is 9.53 Å². The van der Waals surface area contributed by atoms with Gasteiger partial charge in [-0.25, -0.2) is 4.79 Å². The molecule has 0 saturated heterocycles. The van der Waals surface area contributed by atoms with Crippen molar-refractivity contribution in [1.29, 1.82) is 0 Å². The maximum absolute atomic E-state index is 12.1. The topological polar surface area (TPSA) is 76.0 Å². The molecule has 0 saturated carbocycles. The van der Waals surface area contributed by atoms with E-state index in [9.17, 15) is 14.7 Å². The van der Waals surface area contributed by atoms with Crippen LogP contribution in [-0.4, -0.2) is 29.7 Å². The number of benzene rings is 1. The number of carbonyl (C=O) groups is 2. The molecule has 2 rings (SSSR count). The number of hydrogen-bond acceptors (Lipinski definition) is 5. The molecule has 0 atom stereocenters. The summed E-state index contributed by atoms with van der Waals surface area (Å²) in [5.41, 5.74) is 1.10. The van der Waals surface area contributed by atoms with Gasteiger partial charge in [-0.05, 0) is 36.1 Å². The Bertz CT molecular complexity index is 684. The monoisotopic (exact) mass is 329 g/mol. The van der Waals surface area contributed by atoms with E-state index in [1.807, 2.05) is 20.8 Å². The highest BCUT2D eigenvalue weighted by Crippen LogP contribution is 2.35. The zero-order chi connectivity index (χ0) is 17.7. The number of esters is 1. The van der Waals surface area contributed by atoms with Gasteiger partial charge in [0.1, 0.15) is 5.76 Å². The van der Waals surface area contributed by atoms with Crippen LogP contribution in [0.15, 0.2) is 40.6 Å². The Morgan fingerprint density at radius 3 is 2.54 bits per heavy atom. The van der Waals surface area contributed by atoms with Crippen molar-refractivity contribution in [2.75, 3.05) is 6.61 Å². The molecule has 0 heterocycles. The average Bonchev–Trinajstić information content (AvgIpc) is 2.51. The van der Waals surface area contributed by atoms with Gasteiger partial charge in [-0.1, -0.05) is 20.8 Å². The standard InChI is InChI=1S/C19H23NO4/c1-4-9-24-18(23)13-5-7-14(8-6-13)20-12-15-16(21)10-19(2,3)11-17(15)22/h5-8,12,21H,4,9-11H2,1-3H3. The predicted molar refractivity (Wildman–Crippen MR) is 92.8 cm³/mol. The van der Waals surface area contributed by atoms with Crippen molar-refractivity contribution in [3.05, 3.63) is 41.2 Å². The van der Waals surface area contributed by atoms with Gasteiger partial charge in [-0.15, -0.1) is 0 Å². The molecule has 0 bridgehead atoms. The van der Waals surface area contributed by atoms with Crippen LogP contribution in [0.4, 0.5) is 5.69 Å². The van der Waals surface area contributed by atoms with E-state index in [0.29, 0.717) is 30.7 Å². The van der Waals surface area contributed by atoms with Gasteiger partial charge in [-0.2, -0.15) is 0 Å². The summed E-state index contributed by atoms with van der Waals surface area (Å²) in [5.74, 6) is -0.385. The van der Waals surface area contributed by atoms with Crippen molar-refractivity contribution in [2.24, 2.45) is 10.4 Å². The molecule has 1 aromatic rings. The number of hydrogen-bond donors (Lipinski definition) is 1. The summed E-state index contributed by atoms with van der Waals surface area (Å²) in [6.07, 6.45) is 3.03. The quantitative estimate of drug-likeness (QED) is 0.650. The van der Waals surface area contributed by atoms with Crippen LogP contribution in [0.1, 0.15) is 50.4 Å². The SMILES string of the molecule is CCCOC(=O)c1ccc(N=CC2=C(O)CC(C)(C)CC2=O)cc1. The van der Waals surface area contributed by atoms with Crippen LogP contribution in [0.3, 0.4) is 0 Å². The number of rotatable bonds is 5. The van der Waals surface area contributed by atoms with Gasteiger partial charge in [0.2, 0.25) is 0 Å². The number of ketones is 1. The van der Waals surface area contributed by atoms with Gasteiger partial charge in [0.15, 0.2) is 5.78 Å². The van der Waals surface area contributed by atoms with Crippen LogP contribution in [0.25, 0.3) is 0 Å². The van der Waals surface area contributed by atoms with Gasteiger partial charge in [0.25, 0.3) is 0 Å². The zero-order valence-electron chi connectivity index (χ0n) is 14.3. The molecular formula is C19H23NO4. The number of ether oxygens (including phenoxy) is 1. The van der Waals surface area contributed by atoms with Gasteiger partial charge in [0, 0.05) is 19.1 Å². The van der Waals surface area contributed by atoms with Crippen LogP contribution in [0.5, 0.6) is 0 Å². The second kappa shape index (κ2) is 7.43. The number of carbonyl (C=O) groups excluding carboxylic acids is 2. The molecule has 1 aliphatic carbocycles. The summed E-state index contributed by atoms with van der Waals surface area (Å²) in [5, 5.41) is 10.1. The molecule has 0 aromatic heterocycles. The molecule has 0 unspecified atom stereocenters. The third-order valence-electron chi connectivity index (χ3n) is 3.78. The molecule has 0 spiro atoms. The fourth-order valence-corrected chi connectivity index (χ4v) is 2.55. The maximum atomic E-state index is 12.1. The number of Topliss-reactive ketones (excluding diaryl/α,β-unsaturated/α-hetero) is 1. The van der Waals surface area contributed by atoms with E-state index < -0.39 is 0 Å². The summed E-state index contributed by atoms with van der Waals surface area (Å²) in [6, 6.07) is 6.61. The third-order valence-corrected chi connectivity index (χ3v) is 3.78. The van der Waals surface area contributed by atoms with E-state index in [2.05, 4.69) is 4.99 Å². The van der Waals surface area contributed by atoms with Gasteiger partial charge in [-0.3, -0.25) is 9.79 Å². The normalized spacial score (nSPS) is 17.4. The Morgan fingerprint density at radius 1 is 1.29 bits per heavy atom. The smallest absolute Gasteiger partial charge is 0.338 e. The zero-order valence-corrected chi connectivity index (χ0v) is 14.3. The predicted octanol–water partition coefficient (Wildman–Crippen LogP) is 4.16. The van der Waals surface area contributed by atoms with Crippen LogP contribution >= 0.6 is 0 Å². The molecule has 0 amide bonds. The lowest BCUT2D eigenvalue weighted by molar-refractivity contribution is -0.117. The number of nitrogens with zero attached hydrogens (tertiary/aromatic N) is 1. The Balaban J connectivity index is 2.10. The molecule has 128 valence electrons. The van der Waals surface area contributed by atoms with Crippen molar-refractivity contribution in [2.45, 2.75) is 40.0 Å². The second-order valence-electron chi connectivity index (χ2n) is 6.74. The first-order valence-corrected chi connectivity index (χ1v) is 8.09. The highest BCUT2D eigenvalue weighted by molar-refractivity contribution is 6.14. The molecule has 0 fully saturated rings. The average molecular weight is 329 g/mol. The lowest BCUT2D eigenvalue weighted by Crippen LogP contribution is -2.26. The second-order valence-corrected chi connectivity index (χ2v) is 6.74. The van der Waals surface area contributed by atoms with Crippen LogP contribution in [0.2, 0.25) is 0 Å². The van der Waals surface area contributed by atoms with E-state index in [0.717, 1.165) is 6.42 Å². The highest BCUT2D eigenvalue weighted by atomic mass is 16.5. The third kappa shape index (κ3) is 4.54. The first-order valence-electron chi connectivity index (χ1n) is 8.09. The minimum atomic E-state index is -0.363. The summed E-state index contributed by atoms with van der Waals surface area (Å²) in [7, 11) is 0. The fourth-order valence-electron chi connectivity index (χ4n) is 2.55. The summed E-state index contributed by atoms with van der Waals surface area (Å²) in [4.78, 5) is 28.1. The molecule has 24 heavy (non-hydrogen) atoms. The Morgan fingerprint density at radius 2 is 1.96 bits per heavy atom. The van der Waals surface area contributed by atoms with E-state index in [-0.39, 0.29) is 28.5 Å². The lowest BCUT2D eigenvalue weighted by Gasteiger charge is -2.28. The van der Waals surface area contributed by atoms with Crippen molar-refractivity contribution in [1.82, 2.24) is 0 Å². The first kappa shape index (κ1) is 17.9. The van der Waals surface area contributed by atoms with Gasteiger partial charge >= 0.3 is 5.97 Å². The van der Waals surface area contributed by atoms with E-state index >= 15 is 0 Å². The van der Waals surface area contributed by atoms with Crippen LogP contribution < -0.4 is 0 Å².